The average molecular weight is 275 g/mol. The Labute approximate surface area is 117 Å². The summed E-state index contributed by atoms with van der Waals surface area (Å²) in [6.07, 6.45) is 1.92. The fraction of sp³-hybridized carbons (Fsp3) is 0.429. The maximum atomic E-state index is 13.1. The van der Waals surface area contributed by atoms with E-state index in [1.807, 2.05) is 6.92 Å². The second-order valence-corrected chi connectivity index (χ2v) is 5.27. The maximum absolute atomic E-state index is 13.1. The molecular weight excluding hydrogens is 257 g/mol. The van der Waals surface area contributed by atoms with Gasteiger partial charge in [-0.15, -0.1) is 5.10 Å². The average Bonchev–Trinajstić information content (AvgIpc) is 2.89. The number of H-pyrrole nitrogens is 1. The van der Waals surface area contributed by atoms with Crippen LogP contribution in [0.15, 0.2) is 18.2 Å². The first-order chi connectivity index (χ1) is 9.63. The zero-order valence-corrected chi connectivity index (χ0v) is 11.4. The summed E-state index contributed by atoms with van der Waals surface area (Å²) < 4.78 is 13.1. The summed E-state index contributed by atoms with van der Waals surface area (Å²) in [5, 5.41) is 7.19. The molecule has 0 unspecified atom stereocenters. The van der Waals surface area contributed by atoms with E-state index >= 15 is 0 Å². The predicted octanol–water partition coefficient (Wildman–Crippen LogP) is 1.85. The van der Waals surface area contributed by atoms with Crippen molar-refractivity contribution in [3.63, 3.8) is 0 Å². The van der Waals surface area contributed by atoms with E-state index < -0.39 is 0 Å². The molecule has 0 bridgehead atoms. The van der Waals surface area contributed by atoms with Crippen LogP contribution in [0.2, 0.25) is 0 Å². The Morgan fingerprint density at radius 2 is 2.10 bits per heavy atom. The monoisotopic (exact) mass is 275 g/mol. The summed E-state index contributed by atoms with van der Waals surface area (Å²) in [6, 6.07) is 4.94. The first-order valence-electron chi connectivity index (χ1n) is 6.83. The summed E-state index contributed by atoms with van der Waals surface area (Å²) in [6.45, 7) is 3.61. The number of aryl methyl sites for hydroxylation is 1. The number of anilines is 1. The number of aromatic amines is 1. The van der Waals surface area contributed by atoms with Crippen LogP contribution in [0.5, 0.6) is 0 Å². The van der Waals surface area contributed by atoms with Crippen LogP contribution < -0.4 is 10.6 Å². The molecule has 0 atom stereocenters. The van der Waals surface area contributed by atoms with Gasteiger partial charge in [0, 0.05) is 24.7 Å². The highest BCUT2D eigenvalue weighted by molar-refractivity contribution is 5.60. The standard InChI is InChI=1S/C14H18FN5/c1-9-8-10(15)2-3-12(9)13-17-14(19-18-13)20-6-4-11(16)5-7-20/h2-3,8,11H,4-7,16H2,1H3,(H,17,18,19). The van der Waals surface area contributed by atoms with E-state index in [2.05, 4.69) is 20.1 Å². The largest absolute Gasteiger partial charge is 0.339 e. The van der Waals surface area contributed by atoms with Crippen molar-refractivity contribution in [3.8, 4) is 11.4 Å². The highest BCUT2D eigenvalue weighted by Gasteiger charge is 2.20. The van der Waals surface area contributed by atoms with Gasteiger partial charge in [0.2, 0.25) is 5.95 Å². The van der Waals surface area contributed by atoms with E-state index in [0.29, 0.717) is 11.8 Å². The number of nitrogens with one attached hydrogen (secondary N) is 1. The first kappa shape index (κ1) is 13.1. The second-order valence-electron chi connectivity index (χ2n) is 5.27. The van der Waals surface area contributed by atoms with Crippen LogP contribution in [-0.2, 0) is 0 Å². The van der Waals surface area contributed by atoms with Gasteiger partial charge < -0.3 is 10.6 Å². The lowest BCUT2D eigenvalue weighted by Crippen LogP contribution is -2.40. The third-order valence-corrected chi connectivity index (χ3v) is 3.74. The Morgan fingerprint density at radius 3 is 2.80 bits per heavy atom. The van der Waals surface area contributed by atoms with Gasteiger partial charge in [-0.25, -0.2) is 4.39 Å². The number of nitrogens with zero attached hydrogens (tertiary/aromatic N) is 3. The van der Waals surface area contributed by atoms with Crippen molar-refractivity contribution in [2.75, 3.05) is 18.0 Å². The number of aromatic nitrogens is 3. The number of benzene rings is 1. The van der Waals surface area contributed by atoms with Crippen molar-refractivity contribution in [2.45, 2.75) is 25.8 Å². The van der Waals surface area contributed by atoms with Gasteiger partial charge in [-0.1, -0.05) is 0 Å². The summed E-state index contributed by atoms with van der Waals surface area (Å²) >= 11 is 0. The molecule has 2 aromatic rings. The van der Waals surface area contributed by atoms with Crippen LogP contribution in [0.3, 0.4) is 0 Å². The maximum Gasteiger partial charge on any atom is 0.245 e. The Bertz CT molecular complexity index is 601. The molecule has 20 heavy (non-hydrogen) atoms. The van der Waals surface area contributed by atoms with Crippen LogP contribution in [-0.4, -0.2) is 34.3 Å². The van der Waals surface area contributed by atoms with Crippen LogP contribution in [0.1, 0.15) is 18.4 Å². The lowest BCUT2D eigenvalue weighted by atomic mass is 10.1. The molecule has 0 amide bonds. The van der Waals surface area contributed by atoms with Crippen LogP contribution in [0.4, 0.5) is 10.3 Å². The molecule has 1 fully saturated rings. The summed E-state index contributed by atoms with van der Waals surface area (Å²) in [7, 11) is 0. The Balaban J connectivity index is 1.83. The lowest BCUT2D eigenvalue weighted by Gasteiger charge is -2.28. The Morgan fingerprint density at radius 1 is 1.35 bits per heavy atom. The van der Waals surface area contributed by atoms with Crippen molar-refractivity contribution in [3.05, 3.63) is 29.6 Å². The van der Waals surface area contributed by atoms with E-state index in [1.54, 1.807) is 6.07 Å². The van der Waals surface area contributed by atoms with Crippen LogP contribution in [0, 0.1) is 12.7 Å². The fourth-order valence-electron chi connectivity index (χ4n) is 2.51. The van der Waals surface area contributed by atoms with Crippen LogP contribution in [0.25, 0.3) is 11.4 Å². The minimum Gasteiger partial charge on any atom is -0.339 e. The van der Waals surface area contributed by atoms with Gasteiger partial charge >= 0.3 is 0 Å². The number of nitrogens with two attached hydrogens (primary N) is 1. The van der Waals surface area contributed by atoms with E-state index in [4.69, 9.17) is 5.73 Å². The molecule has 1 saturated heterocycles. The molecular formula is C14H18FN5. The van der Waals surface area contributed by atoms with Crippen molar-refractivity contribution in [2.24, 2.45) is 5.73 Å². The molecule has 0 aliphatic carbocycles. The molecule has 0 saturated carbocycles. The number of piperidine rings is 1. The normalized spacial score (nSPS) is 16.6. The molecule has 0 radical (unpaired) electrons. The topological polar surface area (TPSA) is 70.8 Å². The number of hydrogen-bond acceptors (Lipinski definition) is 4. The molecule has 0 spiro atoms. The van der Waals surface area contributed by atoms with Crippen molar-refractivity contribution in [1.29, 1.82) is 0 Å². The molecule has 3 rings (SSSR count). The quantitative estimate of drug-likeness (QED) is 0.877. The molecule has 5 nitrogen and oxygen atoms in total. The fourth-order valence-corrected chi connectivity index (χ4v) is 2.51. The Hall–Kier alpha value is -1.95. The van der Waals surface area contributed by atoms with Gasteiger partial charge in [0.25, 0.3) is 0 Å². The zero-order chi connectivity index (χ0) is 14.1. The van der Waals surface area contributed by atoms with E-state index in [9.17, 15) is 4.39 Å². The minimum atomic E-state index is -0.240. The smallest absolute Gasteiger partial charge is 0.245 e. The molecule has 2 heterocycles. The molecule has 1 aliphatic heterocycles. The highest BCUT2D eigenvalue weighted by Crippen LogP contribution is 2.23. The molecule has 106 valence electrons. The van der Waals surface area contributed by atoms with Gasteiger partial charge in [-0.3, -0.25) is 5.10 Å². The first-order valence-corrected chi connectivity index (χ1v) is 6.83. The van der Waals surface area contributed by atoms with E-state index in [0.717, 1.165) is 37.1 Å². The van der Waals surface area contributed by atoms with Crippen molar-refractivity contribution in [1.82, 2.24) is 15.2 Å². The predicted molar refractivity (Wildman–Crippen MR) is 75.9 cm³/mol. The summed E-state index contributed by atoms with van der Waals surface area (Å²) in [4.78, 5) is 6.64. The van der Waals surface area contributed by atoms with E-state index in [-0.39, 0.29) is 11.9 Å². The summed E-state index contributed by atoms with van der Waals surface area (Å²) in [5.41, 5.74) is 7.61. The minimum absolute atomic E-state index is 0.240. The Kier molecular flexibility index (Phi) is 3.40. The van der Waals surface area contributed by atoms with Crippen LogP contribution >= 0.6 is 0 Å². The van der Waals surface area contributed by atoms with Gasteiger partial charge in [0.05, 0.1) is 0 Å². The van der Waals surface area contributed by atoms with Crippen molar-refractivity contribution < 1.29 is 4.39 Å². The van der Waals surface area contributed by atoms with Gasteiger partial charge in [0.1, 0.15) is 5.82 Å². The summed E-state index contributed by atoms with van der Waals surface area (Å²) in [5.74, 6) is 1.12. The van der Waals surface area contributed by atoms with Gasteiger partial charge in [0.15, 0.2) is 5.82 Å². The number of hydrogen-bond donors (Lipinski definition) is 2. The van der Waals surface area contributed by atoms with Gasteiger partial charge in [-0.05, 0) is 43.5 Å². The lowest BCUT2D eigenvalue weighted by molar-refractivity contribution is 0.496. The molecule has 1 aromatic heterocycles. The van der Waals surface area contributed by atoms with E-state index in [1.165, 1.54) is 12.1 Å². The zero-order valence-electron chi connectivity index (χ0n) is 11.4. The number of halogens is 1. The molecule has 3 N–H and O–H groups in total. The molecule has 1 aromatic carbocycles. The third kappa shape index (κ3) is 2.51. The molecule has 1 aliphatic rings. The second kappa shape index (κ2) is 5.20. The highest BCUT2D eigenvalue weighted by atomic mass is 19.1. The van der Waals surface area contributed by atoms with Crippen molar-refractivity contribution >= 4 is 5.95 Å². The SMILES string of the molecule is Cc1cc(F)ccc1-c1nc(N2CCC(N)CC2)n[nH]1. The molecule has 6 heteroatoms. The third-order valence-electron chi connectivity index (χ3n) is 3.74. The van der Waals surface area contributed by atoms with Gasteiger partial charge in [-0.2, -0.15) is 4.98 Å². The number of rotatable bonds is 2.